The van der Waals surface area contributed by atoms with Gasteiger partial charge in [0.1, 0.15) is 0 Å². The highest BCUT2D eigenvalue weighted by Gasteiger charge is 2.12. The zero-order valence-corrected chi connectivity index (χ0v) is 9.86. The average molecular weight is 211 g/mol. The number of hydrogen-bond acceptors (Lipinski definition) is 4. The molecule has 1 aromatic rings. The van der Waals surface area contributed by atoms with Gasteiger partial charge in [-0.1, -0.05) is 25.9 Å². The maximum atomic E-state index is 5.54. The third-order valence-electron chi connectivity index (χ3n) is 2.79. The maximum Gasteiger partial charge on any atom is 0.226 e. The van der Waals surface area contributed by atoms with Crippen LogP contribution in [0.15, 0.2) is 4.52 Å². The normalized spacial score (nSPS) is 15.2. The van der Waals surface area contributed by atoms with Gasteiger partial charge in [-0.15, -0.1) is 0 Å². The molecule has 1 aromatic heterocycles. The van der Waals surface area contributed by atoms with Crippen LogP contribution >= 0.6 is 0 Å². The van der Waals surface area contributed by atoms with Crippen molar-refractivity contribution in [2.45, 2.75) is 46.0 Å². The molecule has 0 saturated carbocycles. The van der Waals surface area contributed by atoms with E-state index in [1.165, 1.54) is 0 Å². The molecular formula is C11H21N3O. The molecule has 2 N–H and O–H groups in total. The van der Waals surface area contributed by atoms with Gasteiger partial charge in [-0.3, -0.25) is 0 Å². The summed E-state index contributed by atoms with van der Waals surface area (Å²) in [6.45, 7) is 7.08. The summed E-state index contributed by atoms with van der Waals surface area (Å²) in [6.07, 6.45) is 2.89. The topological polar surface area (TPSA) is 64.9 Å². The highest BCUT2D eigenvalue weighted by Crippen LogP contribution is 2.15. The van der Waals surface area contributed by atoms with Crippen molar-refractivity contribution in [2.75, 3.05) is 6.54 Å². The minimum absolute atomic E-state index is 0.384. The number of aryl methyl sites for hydroxylation is 1. The number of hydrogen-bond donors (Lipinski definition) is 1. The van der Waals surface area contributed by atoms with Crippen LogP contribution in [-0.2, 0) is 6.42 Å². The molecule has 0 aliphatic carbocycles. The first-order chi connectivity index (χ1) is 7.17. The Kier molecular flexibility index (Phi) is 4.75. The Labute approximate surface area is 91.2 Å². The summed E-state index contributed by atoms with van der Waals surface area (Å²) < 4.78 is 5.18. The molecule has 0 saturated heterocycles. The Hall–Kier alpha value is -0.900. The fourth-order valence-electron chi connectivity index (χ4n) is 1.24. The molecule has 1 heterocycles. The third kappa shape index (κ3) is 3.63. The van der Waals surface area contributed by atoms with Crippen LogP contribution < -0.4 is 5.73 Å². The van der Waals surface area contributed by atoms with E-state index in [4.69, 9.17) is 10.3 Å². The predicted octanol–water partition coefficient (Wildman–Crippen LogP) is 2.11. The second-order valence-electron chi connectivity index (χ2n) is 4.24. The van der Waals surface area contributed by atoms with Gasteiger partial charge in [-0.2, -0.15) is 4.98 Å². The molecule has 0 amide bonds. The van der Waals surface area contributed by atoms with Crippen LogP contribution in [0.25, 0.3) is 0 Å². The van der Waals surface area contributed by atoms with Gasteiger partial charge in [-0.05, 0) is 25.3 Å². The van der Waals surface area contributed by atoms with E-state index in [1.54, 1.807) is 0 Å². The Balaban J connectivity index is 2.46. The van der Waals surface area contributed by atoms with E-state index >= 15 is 0 Å². The fraction of sp³-hybridized carbons (Fsp3) is 0.818. The Morgan fingerprint density at radius 3 is 2.73 bits per heavy atom. The highest BCUT2D eigenvalue weighted by molar-refractivity contribution is 4.93. The van der Waals surface area contributed by atoms with Crippen LogP contribution in [0.2, 0.25) is 0 Å². The summed E-state index contributed by atoms with van der Waals surface area (Å²) in [5.41, 5.74) is 5.54. The van der Waals surface area contributed by atoms with Crippen molar-refractivity contribution in [1.29, 1.82) is 0 Å². The Morgan fingerprint density at radius 2 is 2.13 bits per heavy atom. The number of nitrogens with two attached hydrogens (primary N) is 1. The zero-order valence-electron chi connectivity index (χ0n) is 9.86. The molecule has 0 bridgehead atoms. The molecule has 4 nitrogen and oxygen atoms in total. The van der Waals surface area contributed by atoms with E-state index in [1.807, 2.05) is 0 Å². The van der Waals surface area contributed by atoms with Crippen LogP contribution in [0.5, 0.6) is 0 Å². The van der Waals surface area contributed by atoms with Crippen LogP contribution in [0.3, 0.4) is 0 Å². The molecule has 0 radical (unpaired) electrons. The first kappa shape index (κ1) is 12.2. The lowest BCUT2D eigenvalue weighted by atomic mass is 10.1. The average Bonchev–Trinajstić information content (AvgIpc) is 2.73. The van der Waals surface area contributed by atoms with Crippen molar-refractivity contribution in [3.63, 3.8) is 0 Å². The van der Waals surface area contributed by atoms with Gasteiger partial charge in [-0.25, -0.2) is 0 Å². The third-order valence-corrected chi connectivity index (χ3v) is 2.79. The van der Waals surface area contributed by atoms with Gasteiger partial charge < -0.3 is 10.3 Å². The van der Waals surface area contributed by atoms with Crippen molar-refractivity contribution in [3.05, 3.63) is 11.7 Å². The second-order valence-corrected chi connectivity index (χ2v) is 4.24. The van der Waals surface area contributed by atoms with Crippen molar-refractivity contribution in [3.8, 4) is 0 Å². The van der Waals surface area contributed by atoms with Crippen molar-refractivity contribution >= 4 is 0 Å². The minimum atomic E-state index is 0.384. The van der Waals surface area contributed by atoms with E-state index in [0.29, 0.717) is 18.4 Å². The molecule has 0 spiro atoms. The molecule has 2 unspecified atom stereocenters. The SMILES string of the molecule is CCC(C)c1noc(CCC(C)CN)n1. The number of nitrogens with zero attached hydrogens (tertiary/aromatic N) is 2. The summed E-state index contributed by atoms with van der Waals surface area (Å²) in [4.78, 5) is 4.37. The molecule has 1 rings (SSSR count). The molecular weight excluding hydrogens is 190 g/mol. The molecule has 86 valence electrons. The molecule has 0 aliphatic heterocycles. The number of rotatable bonds is 6. The molecule has 0 aliphatic rings. The predicted molar refractivity (Wildman–Crippen MR) is 59.5 cm³/mol. The van der Waals surface area contributed by atoms with E-state index in [0.717, 1.165) is 31.0 Å². The summed E-state index contributed by atoms with van der Waals surface area (Å²) in [6, 6.07) is 0. The quantitative estimate of drug-likeness (QED) is 0.782. The fourth-order valence-corrected chi connectivity index (χ4v) is 1.24. The second kappa shape index (κ2) is 5.85. The van der Waals surface area contributed by atoms with E-state index in [9.17, 15) is 0 Å². The van der Waals surface area contributed by atoms with E-state index < -0.39 is 0 Å². The number of aromatic nitrogens is 2. The van der Waals surface area contributed by atoms with Crippen LogP contribution in [0.1, 0.15) is 51.2 Å². The summed E-state index contributed by atoms with van der Waals surface area (Å²) in [5, 5.41) is 3.97. The van der Waals surface area contributed by atoms with Crippen LogP contribution in [0, 0.1) is 5.92 Å². The minimum Gasteiger partial charge on any atom is -0.339 e. The first-order valence-corrected chi connectivity index (χ1v) is 5.69. The van der Waals surface area contributed by atoms with Gasteiger partial charge >= 0.3 is 0 Å². The highest BCUT2D eigenvalue weighted by atomic mass is 16.5. The van der Waals surface area contributed by atoms with E-state index in [-0.39, 0.29) is 0 Å². The Morgan fingerprint density at radius 1 is 1.40 bits per heavy atom. The lowest BCUT2D eigenvalue weighted by Crippen LogP contribution is -2.11. The van der Waals surface area contributed by atoms with Gasteiger partial charge in [0, 0.05) is 12.3 Å². The van der Waals surface area contributed by atoms with Crippen molar-refractivity contribution in [2.24, 2.45) is 11.7 Å². The largest absolute Gasteiger partial charge is 0.339 e. The molecule has 2 atom stereocenters. The molecule has 4 heteroatoms. The monoisotopic (exact) mass is 211 g/mol. The van der Waals surface area contributed by atoms with Gasteiger partial charge in [0.25, 0.3) is 0 Å². The maximum absolute atomic E-state index is 5.54. The molecule has 0 aromatic carbocycles. The van der Waals surface area contributed by atoms with Crippen LogP contribution in [-0.4, -0.2) is 16.7 Å². The molecule has 0 fully saturated rings. The summed E-state index contributed by atoms with van der Waals surface area (Å²) in [7, 11) is 0. The summed E-state index contributed by atoms with van der Waals surface area (Å²) >= 11 is 0. The summed E-state index contributed by atoms with van der Waals surface area (Å²) in [5.74, 6) is 2.47. The first-order valence-electron chi connectivity index (χ1n) is 5.69. The smallest absolute Gasteiger partial charge is 0.226 e. The Bertz CT molecular complexity index is 285. The van der Waals surface area contributed by atoms with Gasteiger partial charge in [0.05, 0.1) is 0 Å². The van der Waals surface area contributed by atoms with Crippen molar-refractivity contribution in [1.82, 2.24) is 10.1 Å². The van der Waals surface area contributed by atoms with Gasteiger partial charge in [0.2, 0.25) is 5.89 Å². The lowest BCUT2D eigenvalue weighted by molar-refractivity contribution is 0.359. The van der Waals surface area contributed by atoms with Crippen molar-refractivity contribution < 1.29 is 4.52 Å². The molecule has 15 heavy (non-hydrogen) atoms. The lowest BCUT2D eigenvalue weighted by Gasteiger charge is -2.04. The standard InChI is InChI=1S/C11H21N3O/c1-4-9(3)11-13-10(15-14-11)6-5-8(2)7-12/h8-9H,4-7,12H2,1-3H3. The zero-order chi connectivity index (χ0) is 11.3. The van der Waals surface area contributed by atoms with Gasteiger partial charge in [0.15, 0.2) is 5.82 Å². The van der Waals surface area contributed by atoms with Crippen LogP contribution in [0.4, 0.5) is 0 Å². The van der Waals surface area contributed by atoms with E-state index in [2.05, 4.69) is 30.9 Å².